The minimum Gasteiger partial charge on any atom is -0.506 e. The Morgan fingerprint density at radius 3 is 2.90 bits per heavy atom. The molecule has 2 aromatic rings. The van der Waals surface area contributed by atoms with E-state index in [2.05, 4.69) is 31.4 Å². The highest BCUT2D eigenvalue weighted by molar-refractivity contribution is 9.10. The van der Waals surface area contributed by atoms with Crippen LogP contribution in [0.15, 0.2) is 40.0 Å². The molecular formula is C13H8BrCl2N3O2. The number of carbonyl (C=O) groups excluding carboxylic acids is 1. The maximum atomic E-state index is 11.8. The molecule has 2 rings (SSSR count). The molecule has 1 heterocycles. The lowest BCUT2D eigenvalue weighted by atomic mass is 10.2. The SMILES string of the molecule is O=C(NN=Cc1cc(Cl)cc(Br)c1O)c1cccnc1Cl. The van der Waals surface area contributed by atoms with Crippen LogP contribution < -0.4 is 5.43 Å². The van der Waals surface area contributed by atoms with E-state index in [1.165, 1.54) is 24.5 Å². The standard InChI is InChI=1S/C13H8BrCl2N3O2/c14-10-5-8(15)4-7(11(10)20)6-18-19-13(21)9-2-1-3-17-12(9)16/h1-6,20H,(H,19,21). The van der Waals surface area contributed by atoms with Crippen molar-refractivity contribution in [2.45, 2.75) is 0 Å². The summed E-state index contributed by atoms with van der Waals surface area (Å²) in [5, 5.41) is 14.1. The van der Waals surface area contributed by atoms with Gasteiger partial charge in [-0.3, -0.25) is 4.79 Å². The number of hydrazone groups is 1. The Labute approximate surface area is 138 Å². The Balaban J connectivity index is 2.13. The summed E-state index contributed by atoms with van der Waals surface area (Å²) in [4.78, 5) is 15.6. The van der Waals surface area contributed by atoms with E-state index in [1.807, 2.05) is 0 Å². The molecule has 5 nitrogen and oxygen atoms in total. The first kappa shape index (κ1) is 15.8. The van der Waals surface area contributed by atoms with Crippen molar-refractivity contribution in [3.63, 3.8) is 0 Å². The van der Waals surface area contributed by atoms with E-state index in [0.29, 0.717) is 15.1 Å². The van der Waals surface area contributed by atoms with Crippen molar-refractivity contribution in [3.8, 4) is 5.75 Å². The lowest BCUT2D eigenvalue weighted by molar-refractivity contribution is 0.0955. The minimum atomic E-state index is -0.509. The summed E-state index contributed by atoms with van der Waals surface area (Å²) in [6.45, 7) is 0. The molecule has 108 valence electrons. The molecule has 1 amide bonds. The summed E-state index contributed by atoms with van der Waals surface area (Å²) in [5.74, 6) is -0.540. The highest BCUT2D eigenvalue weighted by Crippen LogP contribution is 2.30. The topological polar surface area (TPSA) is 74.6 Å². The Kier molecular flexibility index (Phi) is 5.17. The number of aromatic hydroxyl groups is 1. The molecule has 0 aliphatic rings. The molecule has 0 unspecified atom stereocenters. The van der Waals surface area contributed by atoms with Gasteiger partial charge in [-0.1, -0.05) is 23.2 Å². The number of nitrogens with zero attached hydrogens (tertiary/aromatic N) is 2. The molecule has 1 aromatic carbocycles. The number of carbonyl (C=O) groups is 1. The van der Waals surface area contributed by atoms with Gasteiger partial charge in [-0.05, 0) is 40.2 Å². The Morgan fingerprint density at radius 1 is 1.43 bits per heavy atom. The van der Waals surface area contributed by atoms with Gasteiger partial charge in [0.25, 0.3) is 5.91 Å². The third-order valence-electron chi connectivity index (χ3n) is 2.43. The van der Waals surface area contributed by atoms with Gasteiger partial charge in [0.05, 0.1) is 16.3 Å². The zero-order valence-corrected chi connectivity index (χ0v) is 13.4. The maximum Gasteiger partial charge on any atom is 0.274 e. The van der Waals surface area contributed by atoms with Crippen LogP contribution >= 0.6 is 39.1 Å². The summed E-state index contributed by atoms with van der Waals surface area (Å²) in [7, 11) is 0. The van der Waals surface area contributed by atoms with Gasteiger partial charge in [0.2, 0.25) is 0 Å². The number of hydrogen-bond donors (Lipinski definition) is 2. The number of aromatic nitrogens is 1. The molecule has 2 N–H and O–H groups in total. The molecule has 1 aromatic heterocycles. The van der Waals surface area contributed by atoms with Crippen LogP contribution in [-0.4, -0.2) is 22.2 Å². The monoisotopic (exact) mass is 387 g/mol. The van der Waals surface area contributed by atoms with Gasteiger partial charge in [0, 0.05) is 16.8 Å². The second-order valence-electron chi connectivity index (χ2n) is 3.87. The smallest absolute Gasteiger partial charge is 0.274 e. The van der Waals surface area contributed by atoms with Crippen LogP contribution in [0.25, 0.3) is 0 Å². The first-order valence-corrected chi connectivity index (χ1v) is 7.16. The molecule has 0 radical (unpaired) electrons. The molecule has 21 heavy (non-hydrogen) atoms. The van der Waals surface area contributed by atoms with Gasteiger partial charge >= 0.3 is 0 Å². The Morgan fingerprint density at radius 2 is 2.19 bits per heavy atom. The van der Waals surface area contributed by atoms with Gasteiger partial charge in [0.1, 0.15) is 10.9 Å². The average molecular weight is 389 g/mol. The number of pyridine rings is 1. The highest BCUT2D eigenvalue weighted by atomic mass is 79.9. The van der Waals surface area contributed by atoms with Crippen molar-refractivity contribution in [2.24, 2.45) is 5.10 Å². The zero-order chi connectivity index (χ0) is 15.4. The predicted molar refractivity (Wildman–Crippen MR) is 85.1 cm³/mol. The van der Waals surface area contributed by atoms with E-state index in [-0.39, 0.29) is 16.5 Å². The minimum absolute atomic E-state index is 0.0307. The van der Waals surface area contributed by atoms with Crippen molar-refractivity contribution < 1.29 is 9.90 Å². The molecule has 0 fully saturated rings. The molecular weight excluding hydrogens is 381 g/mol. The molecule has 0 bridgehead atoms. The maximum absolute atomic E-state index is 11.8. The van der Waals surface area contributed by atoms with Crippen LogP contribution in [0.4, 0.5) is 0 Å². The van der Waals surface area contributed by atoms with E-state index >= 15 is 0 Å². The average Bonchev–Trinajstić information content (AvgIpc) is 2.44. The molecule has 0 saturated heterocycles. The first-order valence-electron chi connectivity index (χ1n) is 5.61. The molecule has 0 atom stereocenters. The number of amides is 1. The van der Waals surface area contributed by atoms with Crippen LogP contribution in [0.1, 0.15) is 15.9 Å². The third kappa shape index (κ3) is 3.93. The van der Waals surface area contributed by atoms with Crippen LogP contribution in [0.3, 0.4) is 0 Å². The van der Waals surface area contributed by atoms with Gasteiger partial charge in [0.15, 0.2) is 0 Å². The van der Waals surface area contributed by atoms with Gasteiger partial charge in [-0.25, -0.2) is 10.4 Å². The number of benzene rings is 1. The van der Waals surface area contributed by atoms with E-state index in [1.54, 1.807) is 12.1 Å². The summed E-state index contributed by atoms with van der Waals surface area (Å²) in [5.41, 5.74) is 2.85. The molecule has 0 saturated carbocycles. The van der Waals surface area contributed by atoms with Crippen molar-refractivity contribution in [1.29, 1.82) is 0 Å². The van der Waals surface area contributed by atoms with Gasteiger partial charge in [-0.2, -0.15) is 5.10 Å². The van der Waals surface area contributed by atoms with Crippen LogP contribution in [0, 0.1) is 0 Å². The summed E-state index contributed by atoms with van der Waals surface area (Å²) in [6.07, 6.45) is 2.75. The van der Waals surface area contributed by atoms with Crippen molar-refractivity contribution in [2.75, 3.05) is 0 Å². The molecule has 0 aliphatic heterocycles. The van der Waals surface area contributed by atoms with E-state index in [9.17, 15) is 9.90 Å². The highest BCUT2D eigenvalue weighted by Gasteiger charge is 2.10. The van der Waals surface area contributed by atoms with Crippen LogP contribution in [0.2, 0.25) is 10.2 Å². The Bertz CT molecular complexity index is 723. The third-order valence-corrected chi connectivity index (χ3v) is 3.56. The van der Waals surface area contributed by atoms with Gasteiger partial charge < -0.3 is 5.11 Å². The first-order chi connectivity index (χ1) is 9.99. The van der Waals surface area contributed by atoms with Crippen molar-refractivity contribution >= 4 is 51.3 Å². The number of halogens is 3. The fourth-order valence-corrected chi connectivity index (χ4v) is 2.50. The number of rotatable bonds is 3. The molecule has 0 spiro atoms. The second kappa shape index (κ2) is 6.89. The number of phenols is 1. The quantitative estimate of drug-likeness (QED) is 0.479. The Hall–Kier alpha value is -1.63. The summed E-state index contributed by atoms with van der Waals surface area (Å²) >= 11 is 14.8. The lowest BCUT2D eigenvalue weighted by Gasteiger charge is -2.03. The lowest BCUT2D eigenvalue weighted by Crippen LogP contribution is -2.18. The zero-order valence-electron chi connectivity index (χ0n) is 10.3. The fraction of sp³-hybridized carbons (Fsp3) is 0. The number of nitrogens with one attached hydrogen (secondary N) is 1. The van der Waals surface area contributed by atoms with E-state index in [0.717, 1.165) is 0 Å². The number of hydrogen-bond acceptors (Lipinski definition) is 4. The molecule has 8 heteroatoms. The van der Waals surface area contributed by atoms with Gasteiger partial charge in [-0.15, -0.1) is 0 Å². The largest absolute Gasteiger partial charge is 0.506 e. The van der Waals surface area contributed by atoms with Crippen molar-refractivity contribution in [1.82, 2.24) is 10.4 Å². The summed E-state index contributed by atoms with van der Waals surface area (Å²) in [6, 6.07) is 6.16. The fourth-order valence-electron chi connectivity index (χ4n) is 1.46. The predicted octanol–water partition coefficient (Wildman–Crippen LogP) is 3.62. The summed E-state index contributed by atoms with van der Waals surface area (Å²) < 4.78 is 0.429. The van der Waals surface area contributed by atoms with E-state index < -0.39 is 5.91 Å². The van der Waals surface area contributed by atoms with Crippen LogP contribution in [0.5, 0.6) is 5.75 Å². The van der Waals surface area contributed by atoms with Crippen LogP contribution in [-0.2, 0) is 0 Å². The second-order valence-corrected chi connectivity index (χ2v) is 5.52. The molecule has 0 aliphatic carbocycles. The number of phenolic OH excluding ortho intramolecular Hbond substituents is 1. The normalized spacial score (nSPS) is 10.8. The van der Waals surface area contributed by atoms with E-state index in [4.69, 9.17) is 23.2 Å². The van der Waals surface area contributed by atoms with Crippen molar-refractivity contribution in [3.05, 3.63) is 56.2 Å².